The molecule has 0 spiro atoms. The summed E-state index contributed by atoms with van der Waals surface area (Å²) in [4.78, 5) is 24.3. The summed E-state index contributed by atoms with van der Waals surface area (Å²) in [5, 5.41) is 8.38. The number of amides is 3. The van der Waals surface area contributed by atoms with E-state index in [2.05, 4.69) is 16.0 Å². The van der Waals surface area contributed by atoms with E-state index in [0.29, 0.717) is 0 Å². The molecule has 1 rings (SSSR count). The van der Waals surface area contributed by atoms with Gasteiger partial charge >= 0.3 is 6.03 Å². The fraction of sp³-hybridized carbons (Fsp3) is 0.500. The Kier molecular flexibility index (Phi) is 6.72. The van der Waals surface area contributed by atoms with Crippen molar-refractivity contribution in [2.24, 2.45) is 0 Å². The zero-order valence-electron chi connectivity index (χ0n) is 13.1. The summed E-state index contributed by atoms with van der Waals surface area (Å²) < 4.78 is 0. The standard InChI is InChI=1S/C16H25N3O2/c1-5-12(4)18-16(21)19-14(15(20)17-11(2)3)13-9-7-6-8-10-13/h6-12,14H,5H2,1-4H3,(H,17,20)(H2,18,19,21). The number of carbonyl (C=O) groups excluding carboxylic acids is 2. The van der Waals surface area contributed by atoms with Crippen LogP contribution in [-0.4, -0.2) is 24.0 Å². The normalized spacial score (nSPS) is 13.4. The van der Waals surface area contributed by atoms with Crippen molar-refractivity contribution in [2.45, 2.75) is 52.2 Å². The Balaban J connectivity index is 2.82. The SMILES string of the molecule is CCC(C)NC(=O)NC(C(=O)NC(C)C)c1ccccc1. The topological polar surface area (TPSA) is 70.2 Å². The summed E-state index contributed by atoms with van der Waals surface area (Å²) in [6, 6.07) is 8.27. The Morgan fingerprint density at radius 2 is 1.62 bits per heavy atom. The minimum absolute atomic E-state index is 0.0168. The molecule has 0 radical (unpaired) electrons. The van der Waals surface area contributed by atoms with Crippen molar-refractivity contribution in [3.63, 3.8) is 0 Å². The molecule has 0 aromatic heterocycles. The molecule has 5 heteroatoms. The molecule has 2 atom stereocenters. The van der Waals surface area contributed by atoms with Gasteiger partial charge in [0, 0.05) is 12.1 Å². The number of carbonyl (C=O) groups is 2. The summed E-state index contributed by atoms with van der Waals surface area (Å²) in [6.07, 6.45) is 0.835. The maximum atomic E-state index is 12.3. The van der Waals surface area contributed by atoms with Gasteiger partial charge in [0.25, 0.3) is 0 Å². The van der Waals surface area contributed by atoms with Crippen molar-refractivity contribution in [1.82, 2.24) is 16.0 Å². The summed E-state index contributed by atoms with van der Waals surface area (Å²) >= 11 is 0. The summed E-state index contributed by atoms with van der Waals surface area (Å²) in [6.45, 7) is 7.69. The maximum absolute atomic E-state index is 12.3. The first kappa shape index (κ1) is 17.0. The van der Waals surface area contributed by atoms with E-state index >= 15 is 0 Å². The molecule has 0 aliphatic carbocycles. The zero-order valence-corrected chi connectivity index (χ0v) is 13.1. The van der Waals surface area contributed by atoms with Crippen LogP contribution in [-0.2, 0) is 4.79 Å². The van der Waals surface area contributed by atoms with E-state index in [9.17, 15) is 9.59 Å². The van der Waals surface area contributed by atoms with Crippen molar-refractivity contribution >= 4 is 11.9 Å². The predicted molar refractivity (Wildman–Crippen MR) is 83.9 cm³/mol. The zero-order chi connectivity index (χ0) is 15.8. The van der Waals surface area contributed by atoms with Gasteiger partial charge in [-0.05, 0) is 32.8 Å². The number of hydrogen-bond donors (Lipinski definition) is 3. The van der Waals surface area contributed by atoms with Gasteiger partial charge in [-0.3, -0.25) is 4.79 Å². The molecular formula is C16H25N3O2. The molecule has 2 unspecified atom stereocenters. The molecule has 0 heterocycles. The lowest BCUT2D eigenvalue weighted by molar-refractivity contribution is -0.123. The highest BCUT2D eigenvalue weighted by molar-refractivity contribution is 5.88. The number of rotatable bonds is 6. The van der Waals surface area contributed by atoms with Gasteiger partial charge in [-0.15, -0.1) is 0 Å². The lowest BCUT2D eigenvalue weighted by Gasteiger charge is -2.21. The lowest BCUT2D eigenvalue weighted by atomic mass is 10.1. The molecule has 0 aliphatic rings. The van der Waals surface area contributed by atoms with Gasteiger partial charge in [0.15, 0.2) is 0 Å². The van der Waals surface area contributed by atoms with Crippen LogP contribution >= 0.6 is 0 Å². The molecule has 0 aliphatic heterocycles. The highest BCUT2D eigenvalue weighted by Crippen LogP contribution is 2.13. The second-order valence-electron chi connectivity index (χ2n) is 5.43. The highest BCUT2D eigenvalue weighted by atomic mass is 16.2. The third-order valence-corrected chi connectivity index (χ3v) is 3.09. The molecule has 116 valence electrons. The van der Waals surface area contributed by atoms with E-state index in [-0.39, 0.29) is 24.0 Å². The van der Waals surface area contributed by atoms with Crippen LogP contribution in [0.3, 0.4) is 0 Å². The highest BCUT2D eigenvalue weighted by Gasteiger charge is 2.23. The molecule has 3 N–H and O–H groups in total. The molecule has 3 amide bonds. The molecule has 0 fully saturated rings. The van der Waals surface area contributed by atoms with E-state index in [1.807, 2.05) is 58.0 Å². The third-order valence-electron chi connectivity index (χ3n) is 3.09. The van der Waals surface area contributed by atoms with Crippen LogP contribution in [0.25, 0.3) is 0 Å². The van der Waals surface area contributed by atoms with Crippen LogP contribution in [0.1, 0.15) is 45.7 Å². The summed E-state index contributed by atoms with van der Waals surface area (Å²) in [5.74, 6) is -0.212. The quantitative estimate of drug-likeness (QED) is 0.753. The van der Waals surface area contributed by atoms with Crippen molar-refractivity contribution < 1.29 is 9.59 Å². The average molecular weight is 291 g/mol. The van der Waals surface area contributed by atoms with Crippen LogP contribution in [0.2, 0.25) is 0 Å². The van der Waals surface area contributed by atoms with E-state index in [1.54, 1.807) is 0 Å². The average Bonchev–Trinajstić information content (AvgIpc) is 2.44. The van der Waals surface area contributed by atoms with Crippen LogP contribution in [0.4, 0.5) is 4.79 Å². The number of hydrogen-bond acceptors (Lipinski definition) is 2. The third kappa shape index (κ3) is 5.85. The van der Waals surface area contributed by atoms with Crippen molar-refractivity contribution in [3.05, 3.63) is 35.9 Å². The Morgan fingerprint density at radius 1 is 1.00 bits per heavy atom. The van der Waals surface area contributed by atoms with Gasteiger partial charge in [-0.2, -0.15) is 0 Å². The Hall–Kier alpha value is -2.04. The minimum Gasteiger partial charge on any atom is -0.352 e. The van der Waals surface area contributed by atoms with Gasteiger partial charge in [-0.1, -0.05) is 37.3 Å². The fourth-order valence-electron chi connectivity index (χ4n) is 1.81. The molecule has 0 saturated carbocycles. The monoisotopic (exact) mass is 291 g/mol. The van der Waals surface area contributed by atoms with Crippen LogP contribution in [0.15, 0.2) is 30.3 Å². The predicted octanol–water partition coefficient (Wildman–Crippen LogP) is 2.35. The smallest absolute Gasteiger partial charge is 0.315 e. The van der Waals surface area contributed by atoms with Crippen molar-refractivity contribution in [2.75, 3.05) is 0 Å². The minimum atomic E-state index is -0.697. The van der Waals surface area contributed by atoms with Crippen LogP contribution in [0, 0.1) is 0 Å². The molecular weight excluding hydrogens is 266 g/mol. The molecule has 21 heavy (non-hydrogen) atoms. The first-order valence-electron chi connectivity index (χ1n) is 7.36. The van der Waals surface area contributed by atoms with Crippen molar-refractivity contribution in [3.8, 4) is 0 Å². The van der Waals surface area contributed by atoms with Crippen molar-refractivity contribution in [1.29, 1.82) is 0 Å². The second kappa shape index (κ2) is 8.29. The molecule has 0 bridgehead atoms. The molecule has 1 aromatic carbocycles. The molecule has 5 nitrogen and oxygen atoms in total. The lowest BCUT2D eigenvalue weighted by Crippen LogP contribution is -2.47. The number of nitrogens with one attached hydrogen (secondary N) is 3. The first-order chi connectivity index (χ1) is 9.93. The van der Waals surface area contributed by atoms with E-state index in [1.165, 1.54) is 0 Å². The van der Waals surface area contributed by atoms with Gasteiger partial charge in [0.1, 0.15) is 6.04 Å². The number of benzene rings is 1. The van der Waals surface area contributed by atoms with Gasteiger partial charge in [-0.25, -0.2) is 4.79 Å². The maximum Gasteiger partial charge on any atom is 0.315 e. The Bertz CT molecular complexity index is 460. The van der Waals surface area contributed by atoms with E-state index in [4.69, 9.17) is 0 Å². The molecule has 1 aromatic rings. The Morgan fingerprint density at radius 3 is 2.14 bits per heavy atom. The first-order valence-corrected chi connectivity index (χ1v) is 7.36. The van der Waals surface area contributed by atoms with Gasteiger partial charge in [0.2, 0.25) is 5.91 Å². The van der Waals surface area contributed by atoms with Crippen LogP contribution < -0.4 is 16.0 Å². The van der Waals surface area contributed by atoms with Gasteiger partial charge < -0.3 is 16.0 Å². The van der Waals surface area contributed by atoms with E-state index < -0.39 is 6.04 Å². The summed E-state index contributed by atoms with van der Waals surface area (Å²) in [7, 11) is 0. The van der Waals surface area contributed by atoms with E-state index in [0.717, 1.165) is 12.0 Å². The number of urea groups is 1. The second-order valence-corrected chi connectivity index (χ2v) is 5.43. The largest absolute Gasteiger partial charge is 0.352 e. The van der Waals surface area contributed by atoms with Crippen LogP contribution in [0.5, 0.6) is 0 Å². The fourth-order valence-corrected chi connectivity index (χ4v) is 1.81. The summed E-state index contributed by atoms with van der Waals surface area (Å²) in [5.41, 5.74) is 0.759. The Labute approximate surface area is 126 Å². The molecule has 0 saturated heterocycles. The van der Waals surface area contributed by atoms with Gasteiger partial charge in [0.05, 0.1) is 0 Å².